The number of hydrogen-bond donors (Lipinski definition) is 1. The highest BCUT2D eigenvalue weighted by Crippen LogP contribution is 2.45. The Bertz CT molecular complexity index is 101. The monoisotopic (exact) mass is 111 g/mol. The standard InChI is InChI=1S/C7H13N/c1-2-7-6-3-5(6)4-8-7/h5-8H,2-4H2,1H3/t5?,6-,7-/m1/s1. The third-order valence-corrected chi connectivity index (χ3v) is 2.58. The van der Waals surface area contributed by atoms with E-state index >= 15 is 0 Å². The summed E-state index contributed by atoms with van der Waals surface area (Å²) in [5.41, 5.74) is 0. The van der Waals surface area contributed by atoms with Gasteiger partial charge in [-0.1, -0.05) is 6.92 Å². The molecule has 1 saturated heterocycles. The molecule has 1 N–H and O–H groups in total. The van der Waals surface area contributed by atoms with Gasteiger partial charge in [0.15, 0.2) is 0 Å². The summed E-state index contributed by atoms with van der Waals surface area (Å²) in [6.07, 6.45) is 2.85. The highest BCUT2D eigenvalue weighted by Gasteiger charge is 2.46. The first kappa shape index (κ1) is 4.80. The molecule has 1 heteroatoms. The molecule has 0 spiro atoms. The molecule has 0 aromatic heterocycles. The second kappa shape index (κ2) is 1.47. The molecule has 8 heavy (non-hydrogen) atoms. The number of piperidine rings is 1. The molecule has 0 aromatic rings. The van der Waals surface area contributed by atoms with Crippen molar-refractivity contribution < 1.29 is 0 Å². The Kier molecular flexibility index (Phi) is 0.884. The molecule has 1 saturated carbocycles. The van der Waals surface area contributed by atoms with Crippen LogP contribution in [0.15, 0.2) is 0 Å². The van der Waals surface area contributed by atoms with E-state index in [-0.39, 0.29) is 0 Å². The quantitative estimate of drug-likeness (QED) is 0.532. The molecule has 46 valence electrons. The lowest BCUT2D eigenvalue weighted by Crippen LogP contribution is -2.24. The van der Waals surface area contributed by atoms with Crippen LogP contribution in [-0.2, 0) is 0 Å². The second-order valence-corrected chi connectivity index (χ2v) is 3.08. The molecule has 3 atom stereocenters. The molecule has 1 aliphatic heterocycles. The minimum atomic E-state index is 0.889. The fraction of sp³-hybridized carbons (Fsp3) is 1.00. The van der Waals surface area contributed by atoms with Crippen LogP contribution in [0.25, 0.3) is 0 Å². The Labute approximate surface area is 50.5 Å². The first-order valence-electron chi connectivity index (χ1n) is 3.65. The molecule has 1 unspecified atom stereocenters. The molecular weight excluding hydrogens is 98.1 g/mol. The lowest BCUT2D eigenvalue weighted by atomic mass is 10.1. The van der Waals surface area contributed by atoms with E-state index < -0.39 is 0 Å². The predicted octanol–water partition coefficient (Wildman–Crippen LogP) is 1.00. The van der Waals surface area contributed by atoms with Crippen LogP contribution in [0.5, 0.6) is 0 Å². The van der Waals surface area contributed by atoms with Crippen molar-refractivity contribution in [2.45, 2.75) is 25.8 Å². The zero-order chi connectivity index (χ0) is 5.56. The maximum Gasteiger partial charge on any atom is 0.00960 e. The molecule has 1 nitrogen and oxygen atoms in total. The molecule has 1 heterocycles. The third-order valence-electron chi connectivity index (χ3n) is 2.58. The summed E-state index contributed by atoms with van der Waals surface area (Å²) in [4.78, 5) is 0. The summed E-state index contributed by atoms with van der Waals surface area (Å²) in [5.74, 6) is 2.17. The zero-order valence-electron chi connectivity index (χ0n) is 5.35. The predicted molar refractivity (Wildman–Crippen MR) is 33.7 cm³/mol. The van der Waals surface area contributed by atoms with Crippen molar-refractivity contribution in [2.24, 2.45) is 11.8 Å². The first-order chi connectivity index (χ1) is 3.92. The molecular formula is C7H13N. The van der Waals surface area contributed by atoms with E-state index in [0.29, 0.717) is 0 Å². The van der Waals surface area contributed by atoms with Crippen LogP contribution in [0.2, 0.25) is 0 Å². The van der Waals surface area contributed by atoms with Crippen molar-refractivity contribution in [1.82, 2.24) is 5.32 Å². The molecule has 0 radical (unpaired) electrons. The normalized spacial score (nSPS) is 51.4. The Morgan fingerprint density at radius 3 is 2.75 bits per heavy atom. The second-order valence-electron chi connectivity index (χ2n) is 3.08. The van der Waals surface area contributed by atoms with Crippen LogP contribution in [0.1, 0.15) is 19.8 Å². The molecule has 2 fully saturated rings. The van der Waals surface area contributed by atoms with Crippen molar-refractivity contribution in [3.05, 3.63) is 0 Å². The number of hydrogen-bond acceptors (Lipinski definition) is 1. The van der Waals surface area contributed by atoms with Gasteiger partial charge in [-0.2, -0.15) is 0 Å². The topological polar surface area (TPSA) is 12.0 Å². The van der Waals surface area contributed by atoms with Crippen molar-refractivity contribution in [1.29, 1.82) is 0 Å². The Morgan fingerprint density at radius 2 is 2.50 bits per heavy atom. The zero-order valence-corrected chi connectivity index (χ0v) is 5.35. The summed E-state index contributed by atoms with van der Waals surface area (Å²) in [6, 6.07) is 0.889. The summed E-state index contributed by atoms with van der Waals surface area (Å²) in [6.45, 7) is 3.58. The van der Waals surface area contributed by atoms with Gasteiger partial charge in [-0.15, -0.1) is 0 Å². The summed E-state index contributed by atoms with van der Waals surface area (Å²) < 4.78 is 0. The molecule has 1 aliphatic carbocycles. The molecule has 2 aliphatic rings. The molecule has 0 bridgehead atoms. The van der Waals surface area contributed by atoms with E-state index in [2.05, 4.69) is 12.2 Å². The van der Waals surface area contributed by atoms with Crippen molar-refractivity contribution >= 4 is 0 Å². The van der Waals surface area contributed by atoms with Gasteiger partial charge in [-0.05, 0) is 31.2 Å². The van der Waals surface area contributed by atoms with Gasteiger partial charge in [0.25, 0.3) is 0 Å². The van der Waals surface area contributed by atoms with Gasteiger partial charge >= 0.3 is 0 Å². The fourth-order valence-electron chi connectivity index (χ4n) is 1.90. The number of rotatable bonds is 1. The maximum atomic E-state index is 3.51. The van der Waals surface area contributed by atoms with Crippen molar-refractivity contribution in [3.8, 4) is 0 Å². The van der Waals surface area contributed by atoms with E-state index in [1.54, 1.807) is 0 Å². The molecule has 2 rings (SSSR count). The highest BCUT2D eigenvalue weighted by atomic mass is 15.0. The third kappa shape index (κ3) is 0.510. The van der Waals surface area contributed by atoms with Crippen LogP contribution in [-0.4, -0.2) is 12.6 Å². The van der Waals surface area contributed by atoms with Gasteiger partial charge in [-0.25, -0.2) is 0 Å². The molecule has 0 amide bonds. The Hall–Kier alpha value is -0.0400. The first-order valence-corrected chi connectivity index (χ1v) is 3.65. The van der Waals surface area contributed by atoms with Crippen molar-refractivity contribution in [2.75, 3.05) is 6.54 Å². The largest absolute Gasteiger partial charge is 0.313 e. The van der Waals surface area contributed by atoms with Gasteiger partial charge < -0.3 is 5.32 Å². The minimum absolute atomic E-state index is 0.889. The van der Waals surface area contributed by atoms with E-state index in [0.717, 1.165) is 17.9 Å². The average molecular weight is 111 g/mol. The lowest BCUT2D eigenvalue weighted by molar-refractivity contribution is 0.519. The highest BCUT2D eigenvalue weighted by molar-refractivity contribution is 5.01. The van der Waals surface area contributed by atoms with Crippen molar-refractivity contribution in [3.63, 3.8) is 0 Å². The molecule has 0 aromatic carbocycles. The van der Waals surface area contributed by atoms with Crippen LogP contribution >= 0.6 is 0 Å². The SMILES string of the molecule is CC[C@H]1NCC2C[C@H]21. The summed E-state index contributed by atoms with van der Waals surface area (Å²) >= 11 is 0. The van der Waals surface area contributed by atoms with Gasteiger partial charge in [0.2, 0.25) is 0 Å². The Balaban J connectivity index is 1.97. The van der Waals surface area contributed by atoms with Crippen LogP contribution < -0.4 is 5.32 Å². The van der Waals surface area contributed by atoms with E-state index in [4.69, 9.17) is 0 Å². The lowest BCUT2D eigenvalue weighted by Gasteiger charge is -2.07. The Morgan fingerprint density at radius 1 is 1.62 bits per heavy atom. The van der Waals surface area contributed by atoms with Gasteiger partial charge in [-0.3, -0.25) is 0 Å². The fourth-order valence-corrected chi connectivity index (χ4v) is 1.90. The van der Waals surface area contributed by atoms with E-state index in [1.165, 1.54) is 19.4 Å². The van der Waals surface area contributed by atoms with Gasteiger partial charge in [0, 0.05) is 6.04 Å². The van der Waals surface area contributed by atoms with Crippen LogP contribution in [0, 0.1) is 11.8 Å². The van der Waals surface area contributed by atoms with Gasteiger partial charge in [0.05, 0.1) is 0 Å². The number of fused-ring (bicyclic) bond motifs is 1. The summed E-state index contributed by atoms with van der Waals surface area (Å²) in [7, 11) is 0. The van der Waals surface area contributed by atoms with E-state index in [9.17, 15) is 0 Å². The minimum Gasteiger partial charge on any atom is -0.313 e. The average Bonchev–Trinajstić information content (AvgIpc) is 2.46. The maximum absolute atomic E-state index is 3.51. The van der Waals surface area contributed by atoms with Crippen LogP contribution in [0.3, 0.4) is 0 Å². The number of nitrogens with one attached hydrogen (secondary N) is 1. The summed E-state index contributed by atoms with van der Waals surface area (Å²) in [5, 5.41) is 3.51. The van der Waals surface area contributed by atoms with E-state index in [1.807, 2.05) is 0 Å². The van der Waals surface area contributed by atoms with Gasteiger partial charge in [0.1, 0.15) is 0 Å². The smallest absolute Gasteiger partial charge is 0.00960 e. The van der Waals surface area contributed by atoms with Crippen LogP contribution in [0.4, 0.5) is 0 Å².